The second kappa shape index (κ2) is 7.22. The molecule has 1 N–H and O–H groups in total. The highest BCUT2D eigenvalue weighted by atomic mass is 35.5. The van der Waals surface area contributed by atoms with Crippen molar-refractivity contribution in [1.82, 2.24) is 9.88 Å². The number of ether oxygens (including phenoxy) is 1. The van der Waals surface area contributed by atoms with Gasteiger partial charge in [-0.25, -0.2) is 0 Å². The van der Waals surface area contributed by atoms with E-state index in [1.807, 2.05) is 6.20 Å². The number of H-pyrrole nitrogens is 1. The predicted molar refractivity (Wildman–Crippen MR) is 115 cm³/mol. The molecule has 5 rings (SSSR count). The van der Waals surface area contributed by atoms with Crippen molar-refractivity contribution in [2.75, 3.05) is 13.2 Å². The van der Waals surface area contributed by atoms with Crippen LogP contribution in [0.25, 0.3) is 10.9 Å². The van der Waals surface area contributed by atoms with Crippen LogP contribution in [-0.4, -0.2) is 28.6 Å². The van der Waals surface area contributed by atoms with Gasteiger partial charge < -0.3 is 9.72 Å². The van der Waals surface area contributed by atoms with Crippen LogP contribution in [0.5, 0.6) is 0 Å². The van der Waals surface area contributed by atoms with E-state index in [2.05, 4.69) is 59.3 Å². The van der Waals surface area contributed by atoms with Gasteiger partial charge in [-0.15, -0.1) is 0 Å². The van der Waals surface area contributed by atoms with Gasteiger partial charge in [0.25, 0.3) is 0 Å². The minimum Gasteiger partial charge on any atom is -0.375 e. The fraction of sp³-hybridized carbons (Fsp3) is 0.417. The first-order chi connectivity index (χ1) is 13.7. The fourth-order valence-corrected chi connectivity index (χ4v) is 5.51. The Bertz CT molecular complexity index is 975. The summed E-state index contributed by atoms with van der Waals surface area (Å²) in [6.07, 6.45) is 6.57. The largest absolute Gasteiger partial charge is 0.375 e. The average molecular weight is 395 g/mol. The SMILES string of the molecule is Cc1cc(Cl)c(CN2CCC3(CCCO3)C[C@H]2c2ccccc2)c2cc[nH]c12. The zero-order valence-corrected chi connectivity index (χ0v) is 17.1. The van der Waals surface area contributed by atoms with Crippen LogP contribution in [0.15, 0.2) is 48.7 Å². The molecule has 3 aromatic rings. The van der Waals surface area contributed by atoms with Gasteiger partial charge in [-0.05, 0) is 61.4 Å². The van der Waals surface area contributed by atoms with E-state index in [0.717, 1.165) is 37.6 Å². The Morgan fingerprint density at radius 2 is 2.07 bits per heavy atom. The van der Waals surface area contributed by atoms with E-state index in [-0.39, 0.29) is 5.60 Å². The summed E-state index contributed by atoms with van der Waals surface area (Å²) in [5.74, 6) is 0. The molecule has 0 saturated carbocycles. The molecule has 2 aliphatic heterocycles. The van der Waals surface area contributed by atoms with Gasteiger partial charge in [-0.3, -0.25) is 4.90 Å². The number of likely N-dealkylation sites (tertiary alicyclic amines) is 1. The normalized spacial score (nSPS) is 25.7. The molecule has 0 aliphatic carbocycles. The van der Waals surface area contributed by atoms with E-state index in [1.54, 1.807) is 0 Å². The van der Waals surface area contributed by atoms with Crippen LogP contribution in [-0.2, 0) is 11.3 Å². The van der Waals surface area contributed by atoms with E-state index in [1.165, 1.54) is 40.4 Å². The summed E-state index contributed by atoms with van der Waals surface area (Å²) in [5, 5.41) is 2.11. The minimum absolute atomic E-state index is 0.0669. The first kappa shape index (κ1) is 18.2. The summed E-state index contributed by atoms with van der Waals surface area (Å²) >= 11 is 6.73. The summed E-state index contributed by atoms with van der Waals surface area (Å²) in [4.78, 5) is 5.98. The number of hydrogen-bond acceptors (Lipinski definition) is 2. The second-order valence-electron chi connectivity index (χ2n) is 8.41. The smallest absolute Gasteiger partial charge is 0.0713 e. The summed E-state index contributed by atoms with van der Waals surface area (Å²) in [6, 6.07) is 15.5. The molecule has 3 heterocycles. The van der Waals surface area contributed by atoms with Crippen molar-refractivity contribution < 1.29 is 4.74 Å². The van der Waals surface area contributed by atoms with Crippen LogP contribution in [0.3, 0.4) is 0 Å². The minimum atomic E-state index is 0.0669. The van der Waals surface area contributed by atoms with E-state index in [9.17, 15) is 0 Å². The monoisotopic (exact) mass is 394 g/mol. The number of nitrogens with zero attached hydrogens (tertiary/aromatic N) is 1. The number of aromatic amines is 1. The van der Waals surface area contributed by atoms with Gasteiger partial charge in [0, 0.05) is 47.9 Å². The second-order valence-corrected chi connectivity index (χ2v) is 8.81. The van der Waals surface area contributed by atoms with Crippen LogP contribution >= 0.6 is 11.6 Å². The topological polar surface area (TPSA) is 28.3 Å². The molecule has 1 aromatic heterocycles. The zero-order chi connectivity index (χ0) is 19.1. The molecule has 0 bridgehead atoms. The number of nitrogens with one attached hydrogen (secondary N) is 1. The number of aryl methyl sites for hydroxylation is 1. The summed E-state index contributed by atoms with van der Waals surface area (Å²) in [6.45, 7) is 4.93. The maximum atomic E-state index is 6.73. The van der Waals surface area contributed by atoms with Crippen molar-refractivity contribution >= 4 is 22.5 Å². The van der Waals surface area contributed by atoms with Gasteiger partial charge in [0.1, 0.15) is 0 Å². The van der Waals surface area contributed by atoms with Gasteiger partial charge in [0.2, 0.25) is 0 Å². The maximum absolute atomic E-state index is 6.73. The molecule has 3 nitrogen and oxygen atoms in total. The standard InChI is InChI=1S/C24H27ClN2O/c1-17-14-21(25)20(19-8-11-26-23(17)19)16-27-12-10-24(9-5-13-28-24)15-22(27)18-6-3-2-4-7-18/h2-4,6-8,11,14,22,26H,5,9-10,12-13,15-16H2,1H3/t22-,24?/m0/s1. The molecule has 2 aliphatic rings. The number of piperidine rings is 1. The Labute approximate surface area is 171 Å². The van der Waals surface area contributed by atoms with Crippen molar-refractivity contribution in [2.24, 2.45) is 0 Å². The zero-order valence-electron chi connectivity index (χ0n) is 16.4. The van der Waals surface area contributed by atoms with Gasteiger partial charge in [-0.1, -0.05) is 41.9 Å². The highest BCUT2D eigenvalue weighted by Crippen LogP contribution is 2.45. The fourth-order valence-electron chi connectivity index (χ4n) is 5.18. The van der Waals surface area contributed by atoms with E-state index < -0.39 is 0 Å². The number of benzene rings is 2. The Morgan fingerprint density at radius 3 is 2.86 bits per heavy atom. The van der Waals surface area contributed by atoms with Crippen LogP contribution < -0.4 is 0 Å². The van der Waals surface area contributed by atoms with Crippen LogP contribution in [0.4, 0.5) is 0 Å². The third kappa shape index (κ3) is 3.16. The Morgan fingerprint density at radius 1 is 1.21 bits per heavy atom. The number of hydrogen-bond donors (Lipinski definition) is 1. The maximum Gasteiger partial charge on any atom is 0.0713 e. The molecule has 0 amide bonds. The molecule has 4 heteroatoms. The van der Waals surface area contributed by atoms with E-state index >= 15 is 0 Å². The van der Waals surface area contributed by atoms with E-state index in [0.29, 0.717) is 6.04 Å². The summed E-state index contributed by atoms with van der Waals surface area (Å²) in [5.41, 5.74) is 5.07. The van der Waals surface area contributed by atoms with Crippen LogP contribution in [0.2, 0.25) is 5.02 Å². The van der Waals surface area contributed by atoms with Crippen molar-refractivity contribution in [3.05, 3.63) is 70.4 Å². The molecule has 2 aromatic carbocycles. The molecular weight excluding hydrogens is 368 g/mol. The van der Waals surface area contributed by atoms with Gasteiger partial charge in [0.15, 0.2) is 0 Å². The lowest BCUT2D eigenvalue weighted by Crippen LogP contribution is -2.45. The quantitative estimate of drug-likeness (QED) is 0.588. The summed E-state index contributed by atoms with van der Waals surface area (Å²) < 4.78 is 6.27. The highest BCUT2D eigenvalue weighted by molar-refractivity contribution is 6.32. The molecule has 2 saturated heterocycles. The number of fused-ring (bicyclic) bond motifs is 1. The van der Waals surface area contributed by atoms with Crippen LogP contribution in [0, 0.1) is 6.92 Å². The number of halogens is 1. The molecule has 1 spiro atoms. The lowest BCUT2D eigenvalue weighted by Gasteiger charge is -2.45. The number of rotatable bonds is 3. The Balaban J connectivity index is 1.51. The van der Waals surface area contributed by atoms with Crippen molar-refractivity contribution in [3.8, 4) is 0 Å². The molecule has 2 fully saturated rings. The van der Waals surface area contributed by atoms with Crippen LogP contribution in [0.1, 0.15) is 48.4 Å². The third-order valence-corrected chi connectivity index (χ3v) is 7.03. The van der Waals surface area contributed by atoms with Gasteiger partial charge >= 0.3 is 0 Å². The molecule has 2 atom stereocenters. The Kier molecular flexibility index (Phi) is 4.70. The molecule has 1 unspecified atom stereocenters. The van der Waals surface area contributed by atoms with Crippen molar-refractivity contribution in [1.29, 1.82) is 0 Å². The third-order valence-electron chi connectivity index (χ3n) is 6.69. The summed E-state index contributed by atoms with van der Waals surface area (Å²) in [7, 11) is 0. The lowest BCUT2D eigenvalue weighted by molar-refractivity contribution is -0.0675. The first-order valence-electron chi connectivity index (χ1n) is 10.3. The van der Waals surface area contributed by atoms with Crippen molar-refractivity contribution in [3.63, 3.8) is 0 Å². The van der Waals surface area contributed by atoms with Gasteiger partial charge in [-0.2, -0.15) is 0 Å². The average Bonchev–Trinajstić information content (AvgIpc) is 3.37. The first-order valence-corrected chi connectivity index (χ1v) is 10.7. The van der Waals surface area contributed by atoms with Crippen molar-refractivity contribution in [2.45, 2.75) is 50.8 Å². The predicted octanol–water partition coefficient (Wildman–Crippen LogP) is 6.02. The lowest BCUT2D eigenvalue weighted by atomic mass is 9.81. The van der Waals surface area contributed by atoms with E-state index in [4.69, 9.17) is 16.3 Å². The Hall–Kier alpha value is -1.81. The number of aromatic nitrogens is 1. The molecule has 0 radical (unpaired) electrons. The highest BCUT2D eigenvalue weighted by Gasteiger charge is 2.43. The van der Waals surface area contributed by atoms with Gasteiger partial charge in [0.05, 0.1) is 5.60 Å². The molecule has 28 heavy (non-hydrogen) atoms. The molecule has 146 valence electrons. The molecular formula is C24H27ClN2O.